The number of carbonyl (C=O) groups is 2. The highest BCUT2D eigenvalue weighted by Gasteiger charge is 2.31. The maximum absolute atomic E-state index is 12.9. The summed E-state index contributed by atoms with van der Waals surface area (Å²) >= 11 is 5.98. The molecule has 0 saturated carbocycles. The van der Waals surface area contributed by atoms with E-state index in [0.29, 0.717) is 17.2 Å². The summed E-state index contributed by atoms with van der Waals surface area (Å²) in [5, 5.41) is 5.98. The number of rotatable bonds is 4. The van der Waals surface area contributed by atoms with Gasteiger partial charge in [-0.3, -0.25) is 9.59 Å². The van der Waals surface area contributed by atoms with Crippen LogP contribution in [0.3, 0.4) is 0 Å². The first kappa shape index (κ1) is 21.8. The van der Waals surface area contributed by atoms with Gasteiger partial charge in [-0.2, -0.15) is 18.3 Å². The van der Waals surface area contributed by atoms with Crippen LogP contribution in [0.15, 0.2) is 47.6 Å². The van der Waals surface area contributed by atoms with Crippen molar-refractivity contribution in [3.05, 3.63) is 64.2 Å². The van der Waals surface area contributed by atoms with E-state index in [0.717, 1.165) is 33.2 Å². The van der Waals surface area contributed by atoms with Crippen molar-refractivity contribution in [2.75, 3.05) is 18.5 Å². The topological polar surface area (TPSA) is 53.0 Å². The Hall–Kier alpha value is -2.87. The number of anilines is 1. The van der Waals surface area contributed by atoms with Gasteiger partial charge in [0, 0.05) is 36.2 Å². The predicted octanol–water partition coefficient (Wildman–Crippen LogP) is 4.66. The number of aryl methyl sites for hydroxylation is 1. The molecule has 1 heterocycles. The average Bonchev–Trinajstić information content (AvgIpc) is 2.68. The molecule has 158 valence electrons. The fourth-order valence-corrected chi connectivity index (χ4v) is 3.36. The number of benzene rings is 2. The van der Waals surface area contributed by atoms with Crippen LogP contribution < -0.4 is 4.90 Å². The summed E-state index contributed by atoms with van der Waals surface area (Å²) in [5.74, 6) is -0.878. The molecule has 1 aliphatic rings. The average molecular weight is 438 g/mol. The second-order valence-corrected chi connectivity index (χ2v) is 7.39. The van der Waals surface area contributed by atoms with E-state index in [-0.39, 0.29) is 24.6 Å². The van der Waals surface area contributed by atoms with Gasteiger partial charge in [0.05, 0.1) is 11.3 Å². The molecule has 30 heavy (non-hydrogen) atoms. The van der Waals surface area contributed by atoms with Crippen LogP contribution in [0.5, 0.6) is 0 Å². The number of nitrogens with zero attached hydrogens (tertiary/aromatic N) is 3. The maximum Gasteiger partial charge on any atom is 0.416 e. The van der Waals surface area contributed by atoms with E-state index in [4.69, 9.17) is 11.6 Å². The smallest absolute Gasteiger partial charge is 0.314 e. The number of amides is 2. The summed E-state index contributed by atoms with van der Waals surface area (Å²) in [6, 6.07) is 9.76. The van der Waals surface area contributed by atoms with Gasteiger partial charge in [-0.1, -0.05) is 23.7 Å². The first-order valence-electron chi connectivity index (χ1n) is 9.14. The number of halogens is 4. The standard InChI is InChI=1S/C21H19ClF3N3O2/c1-13-10-15(22)6-7-17(13)18-8-9-19(29)28(26-18)12-20(30)27(2)16-5-3-4-14(11-16)21(23,24)25/h3-7,10-11H,8-9,12H2,1-2H3. The van der Waals surface area contributed by atoms with Crippen LogP contribution in [0, 0.1) is 6.92 Å². The van der Waals surface area contributed by atoms with Crippen LogP contribution in [0.1, 0.15) is 29.5 Å². The Morgan fingerprint density at radius 2 is 1.93 bits per heavy atom. The van der Waals surface area contributed by atoms with Gasteiger partial charge in [-0.25, -0.2) is 5.01 Å². The third-order valence-electron chi connectivity index (χ3n) is 4.82. The monoisotopic (exact) mass is 437 g/mol. The maximum atomic E-state index is 12.9. The SMILES string of the molecule is Cc1cc(Cl)ccc1C1=NN(CC(=O)N(C)c2cccc(C(F)(F)F)c2)C(=O)CC1. The third-order valence-corrected chi connectivity index (χ3v) is 5.06. The fraction of sp³-hybridized carbons (Fsp3) is 0.286. The summed E-state index contributed by atoms with van der Waals surface area (Å²) < 4.78 is 38.8. The van der Waals surface area contributed by atoms with Crippen LogP contribution in [-0.4, -0.2) is 36.1 Å². The number of alkyl halides is 3. The van der Waals surface area contributed by atoms with Gasteiger partial charge in [0.2, 0.25) is 11.8 Å². The molecule has 9 heteroatoms. The number of hydrazone groups is 1. The minimum atomic E-state index is -4.52. The van der Waals surface area contributed by atoms with Crippen molar-refractivity contribution in [1.29, 1.82) is 0 Å². The van der Waals surface area contributed by atoms with Crippen LogP contribution in [-0.2, 0) is 15.8 Å². The molecule has 0 saturated heterocycles. The van der Waals surface area contributed by atoms with Gasteiger partial charge in [-0.15, -0.1) is 0 Å². The molecule has 0 N–H and O–H groups in total. The van der Waals surface area contributed by atoms with E-state index < -0.39 is 17.6 Å². The van der Waals surface area contributed by atoms with Crippen LogP contribution in [0.25, 0.3) is 0 Å². The van der Waals surface area contributed by atoms with Crippen molar-refractivity contribution < 1.29 is 22.8 Å². The van der Waals surface area contributed by atoms with Gasteiger partial charge >= 0.3 is 6.18 Å². The van der Waals surface area contributed by atoms with Gasteiger partial charge in [0.15, 0.2) is 0 Å². The van der Waals surface area contributed by atoms with E-state index in [1.807, 2.05) is 6.92 Å². The summed E-state index contributed by atoms with van der Waals surface area (Å²) in [5.41, 5.74) is 1.60. The van der Waals surface area contributed by atoms with Crippen molar-refractivity contribution in [3.63, 3.8) is 0 Å². The van der Waals surface area contributed by atoms with Crippen LogP contribution in [0.2, 0.25) is 5.02 Å². The first-order valence-corrected chi connectivity index (χ1v) is 9.52. The molecule has 0 aliphatic carbocycles. The quantitative estimate of drug-likeness (QED) is 0.698. The minimum Gasteiger partial charge on any atom is -0.314 e. The van der Waals surface area contributed by atoms with Crippen molar-refractivity contribution in [3.8, 4) is 0 Å². The summed E-state index contributed by atoms with van der Waals surface area (Å²) in [6.07, 6.45) is -3.91. The zero-order chi connectivity index (χ0) is 22.1. The molecule has 0 radical (unpaired) electrons. The van der Waals surface area contributed by atoms with Crippen molar-refractivity contribution in [2.24, 2.45) is 5.10 Å². The molecule has 1 aliphatic heterocycles. The third kappa shape index (κ3) is 4.81. The van der Waals surface area contributed by atoms with E-state index in [9.17, 15) is 22.8 Å². The van der Waals surface area contributed by atoms with Crippen molar-refractivity contribution in [2.45, 2.75) is 25.9 Å². The number of hydrogen-bond acceptors (Lipinski definition) is 3. The molecule has 0 unspecified atom stereocenters. The normalized spacial score (nSPS) is 14.5. The molecular weight excluding hydrogens is 419 g/mol. The van der Waals surface area contributed by atoms with Crippen molar-refractivity contribution in [1.82, 2.24) is 5.01 Å². The molecule has 2 aromatic carbocycles. The zero-order valence-electron chi connectivity index (χ0n) is 16.3. The molecule has 2 aromatic rings. The van der Waals surface area contributed by atoms with E-state index in [1.54, 1.807) is 18.2 Å². The summed E-state index contributed by atoms with van der Waals surface area (Å²) in [7, 11) is 1.36. The lowest BCUT2D eigenvalue weighted by Gasteiger charge is -2.26. The molecule has 0 aromatic heterocycles. The Morgan fingerprint density at radius 1 is 1.20 bits per heavy atom. The summed E-state index contributed by atoms with van der Waals surface area (Å²) in [4.78, 5) is 26.0. The van der Waals surface area contributed by atoms with E-state index >= 15 is 0 Å². The van der Waals surface area contributed by atoms with Crippen LogP contribution in [0.4, 0.5) is 18.9 Å². The highest BCUT2D eigenvalue weighted by Crippen LogP contribution is 2.31. The molecule has 2 amide bonds. The van der Waals surface area contributed by atoms with Gasteiger partial charge in [0.25, 0.3) is 0 Å². The Bertz CT molecular complexity index is 1020. The fourth-order valence-electron chi connectivity index (χ4n) is 3.14. The van der Waals surface area contributed by atoms with Gasteiger partial charge < -0.3 is 4.90 Å². The van der Waals surface area contributed by atoms with Gasteiger partial charge in [-0.05, 0) is 42.8 Å². The predicted molar refractivity (Wildman–Crippen MR) is 109 cm³/mol. The summed E-state index contributed by atoms with van der Waals surface area (Å²) in [6.45, 7) is 1.50. The van der Waals surface area contributed by atoms with Crippen molar-refractivity contribution >= 4 is 34.8 Å². The number of likely N-dealkylation sites (N-methyl/N-ethyl adjacent to an activating group) is 1. The Morgan fingerprint density at radius 3 is 2.60 bits per heavy atom. The molecule has 0 fully saturated rings. The molecule has 0 atom stereocenters. The Labute approximate surface area is 176 Å². The lowest BCUT2D eigenvalue weighted by Crippen LogP contribution is -2.41. The zero-order valence-corrected chi connectivity index (χ0v) is 17.1. The Kier molecular flexibility index (Phi) is 6.17. The van der Waals surface area contributed by atoms with E-state index in [1.165, 1.54) is 19.2 Å². The molecule has 0 spiro atoms. The molecular formula is C21H19ClF3N3O2. The van der Waals surface area contributed by atoms with E-state index in [2.05, 4.69) is 5.10 Å². The first-order chi connectivity index (χ1) is 14.1. The second-order valence-electron chi connectivity index (χ2n) is 6.96. The van der Waals surface area contributed by atoms with Crippen LogP contribution >= 0.6 is 11.6 Å². The molecule has 0 bridgehead atoms. The largest absolute Gasteiger partial charge is 0.416 e. The second kappa shape index (κ2) is 8.47. The van der Waals surface area contributed by atoms with Gasteiger partial charge in [0.1, 0.15) is 6.54 Å². The minimum absolute atomic E-state index is 0.0806. The number of hydrogen-bond donors (Lipinski definition) is 0. The molecule has 3 rings (SSSR count). The molecule has 5 nitrogen and oxygen atoms in total. The lowest BCUT2D eigenvalue weighted by atomic mass is 9.99. The highest BCUT2D eigenvalue weighted by atomic mass is 35.5. The highest BCUT2D eigenvalue weighted by molar-refractivity contribution is 6.30. The Balaban J connectivity index is 1.80. The number of carbonyl (C=O) groups excluding carboxylic acids is 2. The lowest BCUT2D eigenvalue weighted by molar-refractivity contribution is -0.137.